The maximum absolute atomic E-state index is 11.9. The fourth-order valence-corrected chi connectivity index (χ4v) is 1.87. The molecule has 0 aromatic rings. The fourth-order valence-electron chi connectivity index (χ4n) is 1.87. The molecule has 0 bridgehead atoms. The summed E-state index contributed by atoms with van der Waals surface area (Å²) in [5.41, 5.74) is 4.75. The van der Waals surface area contributed by atoms with Crippen molar-refractivity contribution in [2.45, 2.75) is 45.3 Å². The molecule has 1 heterocycles. The van der Waals surface area contributed by atoms with E-state index in [-0.39, 0.29) is 24.6 Å². The number of nitrogens with zero attached hydrogens (tertiary/aromatic N) is 1. The Bertz CT molecular complexity index is 312. The van der Waals surface area contributed by atoms with Gasteiger partial charge in [0.25, 0.3) is 0 Å². The SMILES string of the molecule is CC(C)(C)OC(=O)N1CCC[C@@H](NC(=O)CN)C1. The van der Waals surface area contributed by atoms with Crippen molar-refractivity contribution in [2.75, 3.05) is 19.6 Å². The van der Waals surface area contributed by atoms with Crippen LogP contribution in [0.15, 0.2) is 0 Å². The van der Waals surface area contributed by atoms with Crippen molar-refractivity contribution in [1.29, 1.82) is 0 Å². The molecular weight excluding hydrogens is 234 g/mol. The molecule has 1 saturated heterocycles. The van der Waals surface area contributed by atoms with Crippen molar-refractivity contribution >= 4 is 12.0 Å². The molecule has 0 aromatic carbocycles. The van der Waals surface area contributed by atoms with Crippen LogP contribution in [0.2, 0.25) is 0 Å². The van der Waals surface area contributed by atoms with Gasteiger partial charge in [-0.25, -0.2) is 4.79 Å². The molecule has 1 aliphatic heterocycles. The Morgan fingerprint density at radius 3 is 2.67 bits per heavy atom. The molecule has 6 heteroatoms. The highest BCUT2D eigenvalue weighted by Crippen LogP contribution is 2.15. The molecule has 2 amide bonds. The summed E-state index contributed by atoms with van der Waals surface area (Å²) in [5, 5.41) is 2.80. The average molecular weight is 257 g/mol. The Morgan fingerprint density at radius 2 is 2.11 bits per heavy atom. The van der Waals surface area contributed by atoms with Crippen LogP contribution in [0.1, 0.15) is 33.6 Å². The van der Waals surface area contributed by atoms with Gasteiger partial charge >= 0.3 is 6.09 Å². The molecule has 18 heavy (non-hydrogen) atoms. The lowest BCUT2D eigenvalue weighted by molar-refractivity contribution is -0.120. The molecule has 3 N–H and O–H groups in total. The van der Waals surface area contributed by atoms with E-state index in [4.69, 9.17) is 10.5 Å². The summed E-state index contributed by atoms with van der Waals surface area (Å²) in [4.78, 5) is 24.7. The van der Waals surface area contributed by atoms with Crippen LogP contribution in [0.25, 0.3) is 0 Å². The van der Waals surface area contributed by atoms with Crippen LogP contribution in [0.3, 0.4) is 0 Å². The molecule has 1 rings (SSSR count). The van der Waals surface area contributed by atoms with Gasteiger partial charge in [0.2, 0.25) is 5.91 Å². The van der Waals surface area contributed by atoms with Crippen LogP contribution in [0, 0.1) is 0 Å². The number of likely N-dealkylation sites (tertiary alicyclic amines) is 1. The van der Waals surface area contributed by atoms with E-state index in [1.807, 2.05) is 20.8 Å². The van der Waals surface area contributed by atoms with Gasteiger partial charge in [0.05, 0.1) is 6.54 Å². The van der Waals surface area contributed by atoms with Crippen LogP contribution in [0.5, 0.6) is 0 Å². The topological polar surface area (TPSA) is 84.7 Å². The zero-order valence-electron chi connectivity index (χ0n) is 11.4. The van der Waals surface area contributed by atoms with Crippen LogP contribution in [-0.4, -0.2) is 48.2 Å². The number of piperidine rings is 1. The van der Waals surface area contributed by atoms with Crippen molar-refractivity contribution in [3.8, 4) is 0 Å². The third-order valence-corrected chi connectivity index (χ3v) is 2.62. The predicted molar refractivity (Wildman–Crippen MR) is 68.0 cm³/mol. The lowest BCUT2D eigenvalue weighted by atomic mass is 10.1. The summed E-state index contributed by atoms with van der Waals surface area (Å²) >= 11 is 0. The zero-order chi connectivity index (χ0) is 13.8. The van der Waals surface area contributed by atoms with Gasteiger partial charge in [0, 0.05) is 19.1 Å². The second-order valence-corrected chi connectivity index (χ2v) is 5.54. The Hall–Kier alpha value is -1.30. The smallest absolute Gasteiger partial charge is 0.410 e. The van der Waals surface area contributed by atoms with E-state index in [0.29, 0.717) is 13.1 Å². The molecular formula is C12H23N3O3. The van der Waals surface area contributed by atoms with Gasteiger partial charge in [-0.3, -0.25) is 4.79 Å². The molecule has 104 valence electrons. The number of hydrogen-bond donors (Lipinski definition) is 2. The first-order valence-electron chi connectivity index (χ1n) is 6.29. The molecule has 0 radical (unpaired) electrons. The van der Waals surface area contributed by atoms with Gasteiger partial charge in [0.15, 0.2) is 0 Å². The Morgan fingerprint density at radius 1 is 1.44 bits per heavy atom. The van der Waals surface area contributed by atoms with E-state index >= 15 is 0 Å². The van der Waals surface area contributed by atoms with E-state index in [1.165, 1.54) is 0 Å². The molecule has 0 spiro atoms. The molecule has 0 aromatic heterocycles. The highest BCUT2D eigenvalue weighted by Gasteiger charge is 2.27. The summed E-state index contributed by atoms with van der Waals surface area (Å²) in [6.07, 6.45) is 1.40. The van der Waals surface area contributed by atoms with Crippen molar-refractivity contribution in [2.24, 2.45) is 5.73 Å². The number of amides is 2. The van der Waals surface area contributed by atoms with Gasteiger partial charge in [0.1, 0.15) is 5.60 Å². The Labute approximate surface area is 108 Å². The largest absolute Gasteiger partial charge is 0.444 e. The van der Waals surface area contributed by atoms with Gasteiger partial charge in [-0.15, -0.1) is 0 Å². The molecule has 1 atom stereocenters. The third-order valence-electron chi connectivity index (χ3n) is 2.62. The minimum absolute atomic E-state index is 0.0249. The maximum Gasteiger partial charge on any atom is 0.410 e. The standard InChI is InChI=1S/C12H23N3O3/c1-12(2,3)18-11(17)15-6-4-5-9(8-15)14-10(16)7-13/h9H,4-8,13H2,1-3H3,(H,14,16)/t9-/m1/s1. The van der Waals surface area contributed by atoms with Crippen LogP contribution >= 0.6 is 0 Å². The number of rotatable bonds is 2. The van der Waals surface area contributed by atoms with Gasteiger partial charge in [-0.1, -0.05) is 0 Å². The highest BCUT2D eigenvalue weighted by molar-refractivity contribution is 5.78. The summed E-state index contributed by atoms with van der Waals surface area (Å²) in [5.74, 6) is -0.189. The van der Waals surface area contributed by atoms with E-state index in [2.05, 4.69) is 5.32 Å². The number of carbonyl (C=O) groups excluding carboxylic acids is 2. The second-order valence-electron chi connectivity index (χ2n) is 5.54. The monoisotopic (exact) mass is 257 g/mol. The van der Waals surface area contributed by atoms with Crippen LogP contribution < -0.4 is 11.1 Å². The molecule has 0 unspecified atom stereocenters. The third kappa shape index (κ3) is 4.91. The Kier molecular flexibility index (Phi) is 4.95. The molecule has 1 aliphatic rings. The van der Waals surface area contributed by atoms with Crippen molar-refractivity contribution in [1.82, 2.24) is 10.2 Å². The van der Waals surface area contributed by atoms with Crippen molar-refractivity contribution in [3.63, 3.8) is 0 Å². The van der Waals surface area contributed by atoms with Gasteiger partial charge in [-0.05, 0) is 33.6 Å². The minimum Gasteiger partial charge on any atom is -0.444 e. The minimum atomic E-state index is -0.496. The number of hydrogen-bond acceptors (Lipinski definition) is 4. The number of nitrogens with one attached hydrogen (secondary N) is 1. The zero-order valence-corrected chi connectivity index (χ0v) is 11.4. The summed E-state index contributed by atoms with van der Waals surface area (Å²) in [7, 11) is 0. The fraction of sp³-hybridized carbons (Fsp3) is 0.833. The van der Waals surface area contributed by atoms with Crippen LogP contribution in [0.4, 0.5) is 4.79 Å². The predicted octanol–water partition coefficient (Wildman–Crippen LogP) is 0.461. The number of nitrogens with two attached hydrogens (primary N) is 1. The quantitative estimate of drug-likeness (QED) is 0.752. The highest BCUT2D eigenvalue weighted by atomic mass is 16.6. The first-order valence-corrected chi connectivity index (χ1v) is 6.29. The first kappa shape index (κ1) is 14.8. The Balaban J connectivity index is 2.48. The van der Waals surface area contributed by atoms with Crippen LogP contribution in [-0.2, 0) is 9.53 Å². The molecule has 0 aliphatic carbocycles. The lowest BCUT2D eigenvalue weighted by Crippen LogP contribution is -2.51. The summed E-state index contributed by atoms with van der Waals surface area (Å²) in [6.45, 7) is 6.64. The maximum atomic E-state index is 11.9. The van der Waals surface area contributed by atoms with E-state index in [0.717, 1.165) is 12.8 Å². The van der Waals surface area contributed by atoms with Gasteiger partial charge < -0.3 is 20.7 Å². The molecule has 6 nitrogen and oxygen atoms in total. The van der Waals surface area contributed by atoms with Crippen molar-refractivity contribution < 1.29 is 14.3 Å². The van der Waals surface area contributed by atoms with E-state index in [1.54, 1.807) is 4.90 Å². The van der Waals surface area contributed by atoms with E-state index in [9.17, 15) is 9.59 Å². The number of carbonyl (C=O) groups is 2. The average Bonchev–Trinajstić information content (AvgIpc) is 2.27. The molecule has 1 fully saturated rings. The lowest BCUT2D eigenvalue weighted by Gasteiger charge is -2.34. The van der Waals surface area contributed by atoms with Gasteiger partial charge in [-0.2, -0.15) is 0 Å². The van der Waals surface area contributed by atoms with Crippen molar-refractivity contribution in [3.05, 3.63) is 0 Å². The summed E-state index contributed by atoms with van der Waals surface area (Å²) < 4.78 is 5.31. The molecule has 0 saturated carbocycles. The second kappa shape index (κ2) is 6.04. The summed E-state index contributed by atoms with van der Waals surface area (Å²) in [6, 6.07) is -0.0256. The first-order chi connectivity index (χ1) is 8.31. The number of ether oxygens (including phenoxy) is 1. The van der Waals surface area contributed by atoms with E-state index < -0.39 is 5.60 Å². The normalized spacial score (nSPS) is 20.4.